The standard InChI is InChI=1S/C21H28N2O3/c24-20(11-17-5-2-1-3-6-17)23-10-8-21(16-23)12-19(15-26-21)25-14-18-7-4-9-22-13-18/h4-5,7,9,13,19H,1-3,6,8,10-12,14-16H2/t19-,21+/m1/s1. The average Bonchev–Trinajstić information content (AvgIpc) is 3.29. The van der Waals surface area contributed by atoms with Crippen molar-refractivity contribution in [1.29, 1.82) is 0 Å². The third-order valence-corrected chi connectivity index (χ3v) is 5.82. The van der Waals surface area contributed by atoms with Crippen molar-refractivity contribution in [3.05, 3.63) is 41.7 Å². The third kappa shape index (κ3) is 4.15. The van der Waals surface area contributed by atoms with Crippen LogP contribution in [0.3, 0.4) is 0 Å². The molecule has 0 radical (unpaired) electrons. The Morgan fingerprint density at radius 3 is 3.19 bits per heavy atom. The maximum Gasteiger partial charge on any atom is 0.226 e. The number of nitrogens with zero attached hydrogens (tertiary/aromatic N) is 2. The predicted octanol–water partition coefficient (Wildman–Crippen LogP) is 3.25. The first kappa shape index (κ1) is 17.7. The molecule has 26 heavy (non-hydrogen) atoms. The van der Waals surface area contributed by atoms with Gasteiger partial charge in [0.2, 0.25) is 5.91 Å². The Balaban J connectivity index is 1.26. The number of carbonyl (C=O) groups is 1. The lowest BCUT2D eigenvalue weighted by Crippen LogP contribution is -2.36. The quantitative estimate of drug-likeness (QED) is 0.760. The highest BCUT2D eigenvalue weighted by Gasteiger charge is 2.47. The van der Waals surface area contributed by atoms with Crippen LogP contribution < -0.4 is 0 Å². The largest absolute Gasteiger partial charge is 0.371 e. The number of allylic oxidation sites excluding steroid dienone is 1. The SMILES string of the molecule is O=C(CC1=CCCCC1)N1CC[C@]2(C[C@@H](OCc3cccnc3)CO2)C1. The van der Waals surface area contributed by atoms with Gasteiger partial charge in [0.25, 0.3) is 0 Å². The molecule has 4 rings (SSSR count). The Morgan fingerprint density at radius 2 is 2.38 bits per heavy atom. The molecule has 1 spiro atoms. The van der Waals surface area contributed by atoms with E-state index in [1.165, 1.54) is 18.4 Å². The summed E-state index contributed by atoms with van der Waals surface area (Å²) in [7, 11) is 0. The summed E-state index contributed by atoms with van der Waals surface area (Å²) >= 11 is 0. The second kappa shape index (κ2) is 7.89. The zero-order chi connectivity index (χ0) is 17.8. The molecule has 0 N–H and O–H groups in total. The molecule has 1 aromatic heterocycles. The van der Waals surface area contributed by atoms with Crippen LogP contribution in [-0.4, -0.2) is 47.2 Å². The molecule has 0 bridgehead atoms. The zero-order valence-electron chi connectivity index (χ0n) is 15.4. The highest BCUT2D eigenvalue weighted by atomic mass is 16.6. The third-order valence-electron chi connectivity index (χ3n) is 5.82. The number of rotatable bonds is 5. The van der Waals surface area contributed by atoms with Crippen molar-refractivity contribution in [3.8, 4) is 0 Å². The van der Waals surface area contributed by atoms with Crippen molar-refractivity contribution in [3.63, 3.8) is 0 Å². The molecule has 140 valence electrons. The van der Waals surface area contributed by atoms with Gasteiger partial charge in [0.15, 0.2) is 0 Å². The van der Waals surface area contributed by atoms with E-state index >= 15 is 0 Å². The molecule has 2 fully saturated rings. The van der Waals surface area contributed by atoms with Gasteiger partial charge in [-0.15, -0.1) is 0 Å². The van der Waals surface area contributed by atoms with Crippen LogP contribution in [0.15, 0.2) is 36.2 Å². The van der Waals surface area contributed by atoms with Crippen LogP contribution in [0, 0.1) is 0 Å². The minimum atomic E-state index is -0.198. The molecule has 0 unspecified atom stereocenters. The fourth-order valence-corrected chi connectivity index (χ4v) is 4.32. The van der Waals surface area contributed by atoms with E-state index < -0.39 is 0 Å². The summed E-state index contributed by atoms with van der Waals surface area (Å²) in [4.78, 5) is 18.8. The van der Waals surface area contributed by atoms with Crippen LogP contribution >= 0.6 is 0 Å². The van der Waals surface area contributed by atoms with Gasteiger partial charge in [-0.2, -0.15) is 0 Å². The fraction of sp³-hybridized carbons (Fsp3) is 0.619. The Bertz CT molecular complexity index is 660. The lowest BCUT2D eigenvalue weighted by atomic mass is 9.96. The minimum Gasteiger partial charge on any atom is -0.371 e. The van der Waals surface area contributed by atoms with E-state index in [2.05, 4.69) is 11.1 Å². The highest BCUT2D eigenvalue weighted by Crippen LogP contribution is 2.37. The van der Waals surface area contributed by atoms with Crippen LogP contribution in [0.4, 0.5) is 0 Å². The molecule has 0 saturated carbocycles. The molecule has 2 aliphatic heterocycles. The van der Waals surface area contributed by atoms with Crippen molar-refractivity contribution in [2.45, 2.75) is 63.3 Å². The Labute approximate surface area is 155 Å². The zero-order valence-corrected chi connectivity index (χ0v) is 15.4. The number of hydrogen-bond donors (Lipinski definition) is 0. The normalized spacial score (nSPS) is 28.5. The van der Waals surface area contributed by atoms with Crippen LogP contribution in [0.1, 0.15) is 50.5 Å². The van der Waals surface area contributed by atoms with E-state index in [0.29, 0.717) is 26.2 Å². The summed E-state index contributed by atoms with van der Waals surface area (Å²) in [6, 6.07) is 3.95. The number of aromatic nitrogens is 1. The molecule has 5 nitrogen and oxygen atoms in total. The van der Waals surface area contributed by atoms with Gasteiger partial charge < -0.3 is 14.4 Å². The van der Waals surface area contributed by atoms with E-state index in [4.69, 9.17) is 9.47 Å². The number of amides is 1. The summed E-state index contributed by atoms with van der Waals surface area (Å²) in [5, 5.41) is 0. The summed E-state index contributed by atoms with van der Waals surface area (Å²) in [5.41, 5.74) is 2.21. The van der Waals surface area contributed by atoms with Crippen LogP contribution in [0.5, 0.6) is 0 Å². The molecule has 2 atom stereocenters. The van der Waals surface area contributed by atoms with Crippen molar-refractivity contribution < 1.29 is 14.3 Å². The molecular formula is C21H28N2O3. The summed E-state index contributed by atoms with van der Waals surface area (Å²) in [6.45, 7) is 2.70. The monoisotopic (exact) mass is 356 g/mol. The first-order valence-corrected chi connectivity index (χ1v) is 9.83. The van der Waals surface area contributed by atoms with Crippen LogP contribution in [0.25, 0.3) is 0 Å². The molecular weight excluding hydrogens is 328 g/mol. The van der Waals surface area contributed by atoms with Crippen LogP contribution in [-0.2, 0) is 20.9 Å². The molecule has 1 amide bonds. The molecule has 1 aromatic rings. The van der Waals surface area contributed by atoms with E-state index in [0.717, 1.165) is 37.8 Å². The maximum atomic E-state index is 12.6. The van der Waals surface area contributed by atoms with Crippen LogP contribution in [0.2, 0.25) is 0 Å². The Kier molecular flexibility index (Phi) is 5.36. The Hall–Kier alpha value is -1.72. The summed E-state index contributed by atoms with van der Waals surface area (Å²) in [6.07, 6.45) is 13.1. The molecule has 3 aliphatic rings. The van der Waals surface area contributed by atoms with E-state index in [9.17, 15) is 4.79 Å². The first-order valence-electron chi connectivity index (χ1n) is 9.83. The lowest BCUT2D eigenvalue weighted by molar-refractivity contribution is -0.130. The van der Waals surface area contributed by atoms with E-state index in [-0.39, 0.29) is 17.6 Å². The highest BCUT2D eigenvalue weighted by molar-refractivity contribution is 5.79. The molecule has 3 heterocycles. The molecule has 1 aliphatic carbocycles. The maximum absolute atomic E-state index is 12.6. The topological polar surface area (TPSA) is 51.7 Å². The van der Waals surface area contributed by atoms with Gasteiger partial charge in [-0.25, -0.2) is 0 Å². The minimum absolute atomic E-state index is 0.103. The van der Waals surface area contributed by atoms with Gasteiger partial charge in [0, 0.05) is 38.3 Å². The van der Waals surface area contributed by atoms with E-state index in [1.807, 2.05) is 23.2 Å². The van der Waals surface area contributed by atoms with Gasteiger partial charge in [0.1, 0.15) is 0 Å². The number of ether oxygens (including phenoxy) is 2. The van der Waals surface area contributed by atoms with Gasteiger partial charge in [-0.05, 0) is 43.7 Å². The van der Waals surface area contributed by atoms with Gasteiger partial charge in [0.05, 0.1) is 24.9 Å². The smallest absolute Gasteiger partial charge is 0.226 e. The lowest BCUT2D eigenvalue weighted by Gasteiger charge is -2.24. The number of hydrogen-bond acceptors (Lipinski definition) is 4. The van der Waals surface area contributed by atoms with Crippen molar-refractivity contribution in [2.75, 3.05) is 19.7 Å². The molecule has 2 saturated heterocycles. The summed E-state index contributed by atoms with van der Waals surface area (Å²) < 4.78 is 12.1. The number of likely N-dealkylation sites (tertiary alicyclic amines) is 1. The van der Waals surface area contributed by atoms with Gasteiger partial charge in [-0.3, -0.25) is 9.78 Å². The second-order valence-electron chi connectivity index (χ2n) is 7.84. The molecule has 5 heteroatoms. The van der Waals surface area contributed by atoms with Gasteiger partial charge in [-0.1, -0.05) is 17.7 Å². The van der Waals surface area contributed by atoms with Crippen molar-refractivity contribution in [1.82, 2.24) is 9.88 Å². The number of carbonyl (C=O) groups excluding carboxylic acids is 1. The fourth-order valence-electron chi connectivity index (χ4n) is 4.32. The van der Waals surface area contributed by atoms with Crippen molar-refractivity contribution in [2.24, 2.45) is 0 Å². The predicted molar refractivity (Wildman–Crippen MR) is 98.5 cm³/mol. The average molecular weight is 356 g/mol. The summed E-state index contributed by atoms with van der Waals surface area (Å²) in [5.74, 6) is 0.262. The van der Waals surface area contributed by atoms with Crippen molar-refractivity contribution >= 4 is 5.91 Å². The molecule has 0 aromatic carbocycles. The van der Waals surface area contributed by atoms with Gasteiger partial charge >= 0.3 is 0 Å². The Morgan fingerprint density at radius 1 is 1.42 bits per heavy atom. The second-order valence-corrected chi connectivity index (χ2v) is 7.84. The van der Waals surface area contributed by atoms with E-state index in [1.54, 1.807) is 6.20 Å². The number of pyridine rings is 1. The first-order chi connectivity index (χ1) is 12.7.